The van der Waals surface area contributed by atoms with Crippen molar-refractivity contribution < 1.29 is 19.1 Å². The zero-order valence-corrected chi connectivity index (χ0v) is 14.8. The third-order valence-electron chi connectivity index (χ3n) is 4.02. The van der Waals surface area contributed by atoms with Gasteiger partial charge in [-0.1, -0.05) is 23.2 Å². The van der Waals surface area contributed by atoms with Crippen LogP contribution in [0.2, 0.25) is 10.0 Å². The van der Waals surface area contributed by atoms with Crippen molar-refractivity contribution in [3.8, 4) is 5.75 Å². The molecule has 1 aromatic rings. The molecule has 1 aromatic carbocycles. The lowest BCUT2D eigenvalue weighted by molar-refractivity contribution is -0.139. The van der Waals surface area contributed by atoms with Crippen molar-refractivity contribution in [3.05, 3.63) is 50.3 Å². The average Bonchev–Trinajstić information content (AvgIpc) is 2.48. The lowest BCUT2D eigenvalue weighted by Crippen LogP contribution is -2.36. The molecule has 0 aliphatic carbocycles. The van der Waals surface area contributed by atoms with Crippen LogP contribution in [-0.2, 0) is 14.3 Å². The molecular weight excluding hydrogens is 353 g/mol. The van der Waals surface area contributed by atoms with Crippen LogP contribution in [0.15, 0.2) is 34.7 Å². The molecule has 126 valence electrons. The van der Waals surface area contributed by atoms with E-state index in [1.165, 1.54) is 6.07 Å². The van der Waals surface area contributed by atoms with E-state index in [1.807, 2.05) is 0 Å². The third-order valence-corrected chi connectivity index (χ3v) is 4.52. The molecule has 5 nitrogen and oxygen atoms in total. The summed E-state index contributed by atoms with van der Waals surface area (Å²) >= 11 is 12.3. The molecule has 0 aromatic heterocycles. The summed E-state index contributed by atoms with van der Waals surface area (Å²) in [5.41, 5.74) is 2.53. The van der Waals surface area contributed by atoms with Gasteiger partial charge in [0.1, 0.15) is 0 Å². The molecule has 24 heavy (non-hydrogen) atoms. The molecular formula is C17H15Cl2NO4. The highest BCUT2D eigenvalue weighted by atomic mass is 35.5. The van der Waals surface area contributed by atoms with E-state index in [1.54, 1.807) is 26.8 Å². The SMILES string of the molecule is CCOC(=O)C1=C(C)NC(C)=C2C(=O)Oc3c(Cl)cc(Cl)cc3C12. The van der Waals surface area contributed by atoms with E-state index in [2.05, 4.69) is 5.32 Å². The number of halogens is 2. The van der Waals surface area contributed by atoms with Crippen LogP contribution in [0.3, 0.4) is 0 Å². The van der Waals surface area contributed by atoms with Crippen LogP contribution in [0.5, 0.6) is 5.75 Å². The lowest BCUT2D eigenvalue weighted by atomic mass is 9.78. The first-order valence-corrected chi connectivity index (χ1v) is 8.17. The number of hydrogen-bond donors (Lipinski definition) is 1. The van der Waals surface area contributed by atoms with Gasteiger partial charge in [-0.3, -0.25) is 0 Å². The first-order chi connectivity index (χ1) is 11.3. The largest absolute Gasteiger partial charge is 0.463 e. The van der Waals surface area contributed by atoms with Crippen LogP contribution in [0.4, 0.5) is 0 Å². The smallest absolute Gasteiger partial charge is 0.342 e. The summed E-state index contributed by atoms with van der Waals surface area (Å²) in [6.07, 6.45) is 0. The molecule has 1 atom stereocenters. The number of esters is 2. The molecule has 0 saturated heterocycles. The summed E-state index contributed by atoms with van der Waals surface area (Å²) in [5.74, 6) is -1.44. The molecule has 0 fully saturated rings. The maximum atomic E-state index is 12.5. The first-order valence-electron chi connectivity index (χ1n) is 7.42. The molecule has 0 amide bonds. The van der Waals surface area contributed by atoms with Gasteiger partial charge in [0, 0.05) is 22.0 Å². The maximum Gasteiger partial charge on any atom is 0.342 e. The predicted molar refractivity (Wildman–Crippen MR) is 90.0 cm³/mol. The Kier molecular flexibility index (Phi) is 4.32. The van der Waals surface area contributed by atoms with Crippen molar-refractivity contribution in [2.45, 2.75) is 26.7 Å². The number of dihydropyridines is 1. The summed E-state index contributed by atoms with van der Waals surface area (Å²) in [6.45, 7) is 5.47. The number of hydrogen-bond acceptors (Lipinski definition) is 5. The lowest BCUT2D eigenvalue weighted by Gasteiger charge is -2.34. The van der Waals surface area contributed by atoms with Crippen molar-refractivity contribution in [2.24, 2.45) is 0 Å². The van der Waals surface area contributed by atoms with Crippen LogP contribution >= 0.6 is 23.2 Å². The summed E-state index contributed by atoms with van der Waals surface area (Å²) in [7, 11) is 0. The molecule has 0 radical (unpaired) electrons. The van der Waals surface area contributed by atoms with Crippen molar-refractivity contribution in [1.82, 2.24) is 5.32 Å². The fourth-order valence-corrected chi connectivity index (χ4v) is 3.65. The second-order valence-electron chi connectivity index (χ2n) is 5.55. The number of fused-ring (bicyclic) bond motifs is 3. The zero-order valence-electron chi connectivity index (χ0n) is 13.3. The van der Waals surface area contributed by atoms with Gasteiger partial charge in [0.15, 0.2) is 5.75 Å². The molecule has 0 bridgehead atoms. The second kappa shape index (κ2) is 6.15. The van der Waals surface area contributed by atoms with E-state index in [9.17, 15) is 9.59 Å². The average molecular weight is 368 g/mol. The number of allylic oxidation sites excluding steroid dienone is 2. The van der Waals surface area contributed by atoms with E-state index in [0.29, 0.717) is 33.1 Å². The number of benzene rings is 1. The fourth-order valence-electron chi connectivity index (χ4n) is 3.11. The molecule has 1 N–H and O–H groups in total. The molecule has 2 aliphatic rings. The van der Waals surface area contributed by atoms with Crippen LogP contribution in [-0.4, -0.2) is 18.5 Å². The summed E-state index contributed by atoms with van der Waals surface area (Å²) in [5, 5.41) is 3.67. The van der Waals surface area contributed by atoms with Gasteiger partial charge >= 0.3 is 11.9 Å². The van der Waals surface area contributed by atoms with Crippen molar-refractivity contribution in [3.63, 3.8) is 0 Å². The van der Waals surface area contributed by atoms with Crippen LogP contribution in [0.25, 0.3) is 0 Å². The van der Waals surface area contributed by atoms with Crippen LogP contribution < -0.4 is 10.1 Å². The second-order valence-corrected chi connectivity index (χ2v) is 6.39. The van der Waals surface area contributed by atoms with Gasteiger partial charge in [-0.25, -0.2) is 9.59 Å². The van der Waals surface area contributed by atoms with Gasteiger partial charge in [-0.2, -0.15) is 0 Å². The van der Waals surface area contributed by atoms with E-state index < -0.39 is 17.9 Å². The highest BCUT2D eigenvalue weighted by molar-refractivity contribution is 6.36. The van der Waals surface area contributed by atoms with Gasteiger partial charge in [0.05, 0.1) is 28.7 Å². The molecule has 1 unspecified atom stereocenters. The van der Waals surface area contributed by atoms with Crippen molar-refractivity contribution in [1.29, 1.82) is 0 Å². The monoisotopic (exact) mass is 367 g/mol. The molecule has 3 rings (SSSR count). The van der Waals surface area contributed by atoms with Gasteiger partial charge in [-0.15, -0.1) is 0 Å². The van der Waals surface area contributed by atoms with E-state index in [4.69, 9.17) is 32.7 Å². The van der Waals surface area contributed by atoms with Gasteiger partial charge in [0.25, 0.3) is 0 Å². The van der Waals surface area contributed by atoms with E-state index in [0.717, 1.165) is 0 Å². The molecule has 0 spiro atoms. The Labute approximate surface area is 149 Å². The molecule has 2 aliphatic heterocycles. The zero-order chi connectivity index (χ0) is 17.6. The minimum Gasteiger partial charge on any atom is -0.463 e. The Morgan fingerprint density at radius 3 is 2.67 bits per heavy atom. The highest BCUT2D eigenvalue weighted by Crippen LogP contribution is 2.49. The minimum absolute atomic E-state index is 0.224. The van der Waals surface area contributed by atoms with Gasteiger partial charge in [0.2, 0.25) is 0 Å². The fraction of sp³-hybridized carbons (Fsp3) is 0.294. The quantitative estimate of drug-likeness (QED) is 0.637. The van der Waals surface area contributed by atoms with Gasteiger partial charge < -0.3 is 14.8 Å². The standard InChI is InChI=1S/C17H15Cl2NO4/c1-4-23-16(21)12-7(2)20-8(3)13-14(12)10-5-9(18)6-11(19)15(10)24-17(13)22/h5-6,14,20H,4H2,1-3H3. The van der Waals surface area contributed by atoms with Gasteiger partial charge in [-0.05, 0) is 32.9 Å². The van der Waals surface area contributed by atoms with Crippen LogP contribution in [0.1, 0.15) is 32.3 Å². The normalized spacial score (nSPS) is 19.4. The highest BCUT2D eigenvalue weighted by Gasteiger charge is 2.43. The molecule has 0 saturated carbocycles. The minimum atomic E-state index is -0.627. The number of nitrogens with one attached hydrogen (secondary N) is 1. The Morgan fingerprint density at radius 2 is 2.00 bits per heavy atom. The number of carbonyl (C=O) groups excluding carboxylic acids is 2. The van der Waals surface area contributed by atoms with E-state index >= 15 is 0 Å². The Hall–Kier alpha value is -1.98. The van der Waals surface area contributed by atoms with E-state index in [-0.39, 0.29) is 17.4 Å². The number of carbonyl (C=O) groups is 2. The summed E-state index contributed by atoms with van der Waals surface area (Å²) in [4.78, 5) is 25.0. The van der Waals surface area contributed by atoms with Crippen molar-refractivity contribution in [2.75, 3.05) is 6.61 Å². The first kappa shape index (κ1) is 16.9. The summed E-state index contributed by atoms with van der Waals surface area (Å²) < 4.78 is 10.5. The van der Waals surface area contributed by atoms with Crippen molar-refractivity contribution >= 4 is 35.1 Å². The maximum absolute atomic E-state index is 12.5. The molecule has 7 heteroatoms. The topological polar surface area (TPSA) is 64.6 Å². The summed E-state index contributed by atoms with van der Waals surface area (Å²) in [6, 6.07) is 3.16. The Bertz CT molecular complexity index is 826. The van der Waals surface area contributed by atoms with Crippen LogP contribution in [0, 0.1) is 0 Å². The number of rotatable bonds is 2. The predicted octanol–water partition coefficient (Wildman–Crippen LogP) is 3.71. The number of ether oxygens (including phenoxy) is 2. The molecule has 2 heterocycles. The Morgan fingerprint density at radius 1 is 1.29 bits per heavy atom. The Balaban J connectivity index is 2.27. The third kappa shape index (κ3) is 2.58.